The van der Waals surface area contributed by atoms with Gasteiger partial charge in [0.25, 0.3) is 0 Å². The Morgan fingerprint density at radius 2 is 1.00 bits per heavy atom. The summed E-state index contributed by atoms with van der Waals surface area (Å²) in [6.45, 7) is 5.12. The smallest absolute Gasteiger partial charge is 0.0292 e. The molecule has 12 bridgehead atoms. The predicted octanol–water partition coefficient (Wildman–Crippen LogP) is 8.85. The van der Waals surface area contributed by atoms with Crippen LogP contribution in [0.4, 0.5) is 0 Å². The first-order valence-electron chi connectivity index (χ1n) is 16.6. The van der Waals surface area contributed by atoms with Crippen molar-refractivity contribution in [2.45, 2.75) is 110 Å². The third kappa shape index (κ3) is 2.64. The molecule has 12 aliphatic carbocycles. The Labute approximate surface area is 210 Å². The summed E-state index contributed by atoms with van der Waals surface area (Å²) in [5.74, 6) is 18.5. The highest BCUT2D eigenvalue weighted by Crippen LogP contribution is 2.73. The normalized spacial score (nSPS) is 66.5. The Balaban J connectivity index is 1.08. The molecule has 0 aromatic rings. The van der Waals surface area contributed by atoms with Gasteiger partial charge in [-0.3, -0.25) is 0 Å². The molecule has 188 valence electrons. The SMILES string of the molecule is CCC1C2CC3CC(C2)C(C2C4CC5CC(C4)C(C4C6CC7CC4CC(CC)(C7)C6)C2C5)C1C3. The van der Waals surface area contributed by atoms with Crippen LogP contribution in [-0.2, 0) is 0 Å². The van der Waals surface area contributed by atoms with Gasteiger partial charge in [0.05, 0.1) is 0 Å². The highest BCUT2D eigenvalue weighted by Gasteiger charge is 2.65. The van der Waals surface area contributed by atoms with Crippen molar-refractivity contribution in [1.29, 1.82) is 0 Å². The Morgan fingerprint density at radius 3 is 1.65 bits per heavy atom. The Hall–Kier alpha value is 0. The van der Waals surface area contributed by atoms with E-state index in [1.54, 1.807) is 83.5 Å². The Bertz CT molecular complexity index is 825. The highest BCUT2D eigenvalue weighted by atomic mass is 14.7. The number of fused-ring (bicyclic) bond motifs is 2. The molecule has 12 fully saturated rings. The largest absolute Gasteiger partial charge is 0.0651 e. The van der Waals surface area contributed by atoms with Crippen molar-refractivity contribution < 1.29 is 0 Å². The van der Waals surface area contributed by atoms with Crippen LogP contribution in [0.3, 0.4) is 0 Å². The third-order valence-electron chi connectivity index (χ3n) is 15.8. The molecular weight excluding hydrogens is 408 g/mol. The van der Waals surface area contributed by atoms with E-state index in [4.69, 9.17) is 0 Å². The molecule has 0 aromatic heterocycles. The Kier molecular flexibility index (Phi) is 4.38. The first-order valence-corrected chi connectivity index (χ1v) is 16.6. The van der Waals surface area contributed by atoms with E-state index in [1.807, 2.05) is 0 Å². The molecule has 12 rings (SSSR count). The van der Waals surface area contributed by atoms with Gasteiger partial charge >= 0.3 is 0 Å². The first kappa shape index (κ1) is 21.0. The van der Waals surface area contributed by atoms with Crippen molar-refractivity contribution >= 4 is 0 Å². The van der Waals surface area contributed by atoms with E-state index in [0.717, 1.165) is 70.5 Å². The minimum Gasteiger partial charge on any atom is -0.0651 e. The fourth-order valence-corrected chi connectivity index (χ4v) is 15.8. The maximum absolute atomic E-state index is 2.57. The topological polar surface area (TPSA) is 0 Å². The zero-order valence-corrected chi connectivity index (χ0v) is 22.3. The molecule has 12 saturated carbocycles. The second-order valence-corrected chi connectivity index (χ2v) is 16.7. The standard InChI is InChI=1S/C34H52/c1-3-27-21-5-18-6-22(13-21)31(28(27)11-18)33-24-8-19-7-23(14-24)32(29(33)12-19)30-25-9-20-10-26(30)17-34(4-2,15-20)16-25/h18-33H,3-17H2,1-2H3. The zero-order chi connectivity index (χ0) is 22.3. The highest BCUT2D eigenvalue weighted by molar-refractivity contribution is 5.14. The van der Waals surface area contributed by atoms with Gasteiger partial charge in [-0.05, 0) is 184 Å². The van der Waals surface area contributed by atoms with Crippen LogP contribution in [0.1, 0.15) is 110 Å². The summed E-state index contributed by atoms with van der Waals surface area (Å²) in [4.78, 5) is 0. The average Bonchev–Trinajstić information content (AvgIpc) is 2.81. The van der Waals surface area contributed by atoms with Gasteiger partial charge in [-0.15, -0.1) is 0 Å². The maximum Gasteiger partial charge on any atom is -0.0292 e. The van der Waals surface area contributed by atoms with Gasteiger partial charge in [-0.2, -0.15) is 0 Å². The van der Waals surface area contributed by atoms with Crippen molar-refractivity contribution in [3.8, 4) is 0 Å². The van der Waals surface area contributed by atoms with E-state index in [0.29, 0.717) is 0 Å². The minimum absolute atomic E-state index is 0.800. The summed E-state index contributed by atoms with van der Waals surface area (Å²) in [7, 11) is 0. The number of hydrogen-bond donors (Lipinski definition) is 0. The van der Waals surface area contributed by atoms with Crippen LogP contribution in [0.5, 0.6) is 0 Å². The van der Waals surface area contributed by atoms with Crippen LogP contribution in [0.15, 0.2) is 0 Å². The molecule has 0 aromatic carbocycles. The van der Waals surface area contributed by atoms with E-state index in [-0.39, 0.29) is 0 Å². The molecule has 0 heteroatoms. The molecule has 0 amide bonds. The molecule has 14 atom stereocenters. The molecule has 0 spiro atoms. The first-order chi connectivity index (χ1) is 16.6. The van der Waals surface area contributed by atoms with E-state index in [1.165, 1.54) is 42.4 Å². The van der Waals surface area contributed by atoms with Crippen LogP contribution in [0.2, 0.25) is 0 Å². The van der Waals surface area contributed by atoms with Crippen molar-refractivity contribution in [2.75, 3.05) is 0 Å². The lowest BCUT2D eigenvalue weighted by molar-refractivity contribution is -0.212. The lowest BCUT2D eigenvalue weighted by Crippen LogP contribution is -2.63. The fraction of sp³-hybridized carbons (Fsp3) is 1.00. The molecule has 14 unspecified atom stereocenters. The number of hydrogen-bond acceptors (Lipinski definition) is 0. The fourth-order valence-electron chi connectivity index (χ4n) is 15.8. The second-order valence-electron chi connectivity index (χ2n) is 16.7. The lowest BCUT2D eigenvalue weighted by atomic mass is 9.35. The van der Waals surface area contributed by atoms with E-state index in [2.05, 4.69) is 13.8 Å². The van der Waals surface area contributed by atoms with E-state index in [9.17, 15) is 0 Å². The van der Waals surface area contributed by atoms with Crippen LogP contribution < -0.4 is 0 Å². The average molecular weight is 461 g/mol. The van der Waals surface area contributed by atoms with Gasteiger partial charge in [0.2, 0.25) is 0 Å². The quantitative estimate of drug-likeness (QED) is 0.393. The van der Waals surface area contributed by atoms with Gasteiger partial charge in [0.15, 0.2) is 0 Å². The lowest BCUT2D eigenvalue weighted by Gasteiger charge is -2.70. The van der Waals surface area contributed by atoms with Crippen LogP contribution in [-0.4, -0.2) is 0 Å². The summed E-state index contributed by atoms with van der Waals surface area (Å²) in [6.07, 6.45) is 24.6. The van der Waals surface area contributed by atoms with Gasteiger partial charge in [0.1, 0.15) is 0 Å². The third-order valence-corrected chi connectivity index (χ3v) is 15.8. The van der Waals surface area contributed by atoms with E-state index >= 15 is 0 Å². The molecule has 0 radical (unpaired) electrons. The molecule has 34 heavy (non-hydrogen) atoms. The molecular formula is C34H52. The molecule has 0 heterocycles. The minimum atomic E-state index is 0.800. The van der Waals surface area contributed by atoms with Gasteiger partial charge in [-0.25, -0.2) is 0 Å². The molecule has 0 N–H and O–H groups in total. The van der Waals surface area contributed by atoms with Gasteiger partial charge in [-0.1, -0.05) is 26.7 Å². The van der Waals surface area contributed by atoms with Crippen molar-refractivity contribution in [3.63, 3.8) is 0 Å². The molecule has 0 nitrogen and oxygen atoms in total. The van der Waals surface area contributed by atoms with Gasteiger partial charge in [0, 0.05) is 0 Å². The maximum atomic E-state index is 2.57. The molecule has 12 aliphatic rings. The number of rotatable bonds is 4. The van der Waals surface area contributed by atoms with Crippen molar-refractivity contribution in [2.24, 2.45) is 100 Å². The van der Waals surface area contributed by atoms with Crippen molar-refractivity contribution in [3.05, 3.63) is 0 Å². The van der Waals surface area contributed by atoms with Crippen LogP contribution in [0.25, 0.3) is 0 Å². The summed E-state index contributed by atoms with van der Waals surface area (Å²) in [5.41, 5.74) is 0.800. The zero-order valence-electron chi connectivity index (χ0n) is 22.3. The van der Waals surface area contributed by atoms with E-state index < -0.39 is 0 Å². The second kappa shape index (κ2) is 7.10. The monoisotopic (exact) mass is 460 g/mol. The van der Waals surface area contributed by atoms with Crippen LogP contribution in [0, 0.1) is 100 Å². The van der Waals surface area contributed by atoms with Crippen LogP contribution >= 0.6 is 0 Å². The summed E-state index contributed by atoms with van der Waals surface area (Å²) in [5, 5.41) is 0. The summed E-state index contributed by atoms with van der Waals surface area (Å²) in [6, 6.07) is 0. The molecule has 0 aliphatic heterocycles. The predicted molar refractivity (Wildman–Crippen MR) is 139 cm³/mol. The summed E-state index contributed by atoms with van der Waals surface area (Å²) < 4.78 is 0. The summed E-state index contributed by atoms with van der Waals surface area (Å²) >= 11 is 0. The van der Waals surface area contributed by atoms with Gasteiger partial charge < -0.3 is 0 Å². The molecule has 0 saturated heterocycles. The Morgan fingerprint density at radius 1 is 0.471 bits per heavy atom. The van der Waals surface area contributed by atoms with Crippen molar-refractivity contribution in [1.82, 2.24) is 0 Å².